The first-order chi connectivity index (χ1) is 9.28. The third kappa shape index (κ3) is 2.60. The van der Waals surface area contributed by atoms with E-state index in [1.807, 2.05) is 0 Å². The Bertz CT molecular complexity index is 569. The van der Waals surface area contributed by atoms with Crippen LogP contribution in [0.25, 0.3) is 0 Å². The molecule has 1 aromatic heterocycles. The smallest absolute Gasteiger partial charge is 0.203 e. The van der Waals surface area contributed by atoms with Crippen molar-refractivity contribution in [2.45, 2.75) is 37.6 Å². The zero-order valence-corrected chi connectivity index (χ0v) is 12.3. The monoisotopic (exact) mass is 293 g/mol. The summed E-state index contributed by atoms with van der Waals surface area (Å²) >= 11 is 7.88. The molecule has 0 radical (unpaired) electrons. The van der Waals surface area contributed by atoms with Gasteiger partial charge in [0.1, 0.15) is 5.82 Å². The second-order valence-electron chi connectivity index (χ2n) is 4.81. The van der Waals surface area contributed by atoms with E-state index in [0.717, 1.165) is 30.2 Å². The molecule has 0 spiro atoms. The molecule has 2 atom stereocenters. The number of fused-ring (bicyclic) bond motifs is 1. The van der Waals surface area contributed by atoms with E-state index in [1.54, 1.807) is 0 Å². The highest BCUT2D eigenvalue weighted by Gasteiger charge is 2.31. The lowest BCUT2D eigenvalue weighted by Crippen LogP contribution is -2.16. The highest BCUT2D eigenvalue weighted by atomic mass is 35.5. The fraction of sp³-hybridized carbons (Fsp3) is 0.429. The lowest BCUT2D eigenvalue weighted by molar-refractivity contribution is 0.768. The van der Waals surface area contributed by atoms with Gasteiger partial charge in [0.05, 0.1) is 11.4 Å². The zero-order chi connectivity index (χ0) is 13.2. The van der Waals surface area contributed by atoms with Gasteiger partial charge < -0.3 is 5.32 Å². The summed E-state index contributed by atoms with van der Waals surface area (Å²) in [7, 11) is 0. The van der Waals surface area contributed by atoms with Gasteiger partial charge in [0.25, 0.3) is 0 Å². The van der Waals surface area contributed by atoms with Crippen molar-refractivity contribution in [2.24, 2.45) is 0 Å². The van der Waals surface area contributed by atoms with Crippen LogP contribution in [-0.2, 0) is 12.8 Å². The number of aryl methyl sites for hydroxylation is 1. The van der Waals surface area contributed by atoms with Gasteiger partial charge >= 0.3 is 0 Å². The minimum atomic E-state index is 0.0796. The van der Waals surface area contributed by atoms with Crippen molar-refractivity contribution in [3.63, 3.8) is 0 Å². The Morgan fingerprint density at radius 2 is 2.26 bits per heavy atom. The number of aromatic nitrogens is 2. The molecule has 0 saturated heterocycles. The first-order valence-corrected chi connectivity index (χ1v) is 7.80. The topological polar surface area (TPSA) is 37.8 Å². The number of hydrogen-bond donors (Lipinski definition) is 1. The van der Waals surface area contributed by atoms with E-state index < -0.39 is 0 Å². The van der Waals surface area contributed by atoms with Crippen molar-refractivity contribution >= 4 is 28.3 Å². The van der Waals surface area contributed by atoms with Gasteiger partial charge in [-0.05, 0) is 24.0 Å². The molecule has 1 N–H and O–H groups in total. The average Bonchev–Trinajstić information content (AvgIpc) is 2.96. The standard InChI is InChI=1S/C14H16ClN3S/c1-2-5-12-16-14(19-18-12)17-13-10-7-4-3-6-9(10)8-11(13)15/h3-4,6-7,11,13H,2,5,8H2,1H3,(H,16,17,18). The molecule has 5 heteroatoms. The molecule has 0 aliphatic heterocycles. The molecule has 100 valence electrons. The summed E-state index contributed by atoms with van der Waals surface area (Å²) < 4.78 is 4.35. The van der Waals surface area contributed by atoms with Gasteiger partial charge in [-0.1, -0.05) is 31.2 Å². The van der Waals surface area contributed by atoms with Crippen LogP contribution in [0.15, 0.2) is 24.3 Å². The number of benzene rings is 1. The number of halogens is 1. The predicted octanol–water partition coefficient (Wildman–Crippen LogP) is 3.81. The Morgan fingerprint density at radius 3 is 3.11 bits per heavy atom. The normalized spacial score (nSPS) is 21.4. The number of anilines is 1. The molecule has 2 unspecified atom stereocenters. The van der Waals surface area contributed by atoms with Crippen molar-refractivity contribution in [3.05, 3.63) is 41.2 Å². The molecular formula is C14H16ClN3S. The van der Waals surface area contributed by atoms with Crippen LogP contribution in [0.2, 0.25) is 0 Å². The van der Waals surface area contributed by atoms with E-state index in [0.29, 0.717) is 0 Å². The van der Waals surface area contributed by atoms with Gasteiger partial charge in [0, 0.05) is 18.0 Å². The van der Waals surface area contributed by atoms with Crippen LogP contribution in [0.3, 0.4) is 0 Å². The Morgan fingerprint density at radius 1 is 1.42 bits per heavy atom. The Hall–Kier alpha value is -1.13. The molecule has 1 aliphatic carbocycles. The Kier molecular flexibility index (Phi) is 3.71. The molecule has 0 amide bonds. The largest absolute Gasteiger partial charge is 0.352 e. The highest BCUT2D eigenvalue weighted by molar-refractivity contribution is 7.09. The fourth-order valence-corrected chi connectivity index (χ4v) is 3.50. The van der Waals surface area contributed by atoms with Crippen LogP contribution in [0.1, 0.15) is 36.3 Å². The van der Waals surface area contributed by atoms with Crippen molar-refractivity contribution in [1.82, 2.24) is 9.36 Å². The fourth-order valence-electron chi connectivity index (χ4n) is 2.49. The summed E-state index contributed by atoms with van der Waals surface area (Å²) in [6.07, 6.45) is 2.92. The molecule has 3 nitrogen and oxygen atoms in total. The Labute approximate surface area is 122 Å². The second-order valence-corrected chi connectivity index (χ2v) is 6.12. The van der Waals surface area contributed by atoms with Gasteiger partial charge in [0.2, 0.25) is 5.13 Å². The van der Waals surface area contributed by atoms with E-state index in [9.17, 15) is 0 Å². The summed E-state index contributed by atoms with van der Waals surface area (Å²) in [6.45, 7) is 2.14. The third-order valence-electron chi connectivity index (χ3n) is 3.39. The van der Waals surface area contributed by atoms with Gasteiger partial charge in [-0.2, -0.15) is 4.37 Å². The van der Waals surface area contributed by atoms with Crippen LogP contribution in [0, 0.1) is 0 Å². The predicted molar refractivity (Wildman–Crippen MR) is 80.1 cm³/mol. The number of rotatable bonds is 4. The maximum Gasteiger partial charge on any atom is 0.203 e. The maximum absolute atomic E-state index is 6.46. The van der Waals surface area contributed by atoms with Gasteiger partial charge in [-0.15, -0.1) is 11.6 Å². The van der Waals surface area contributed by atoms with Gasteiger partial charge in [-0.25, -0.2) is 4.98 Å². The van der Waals surface area contributed by atoms with Crippen molar-refractivity contribution in [3.8, 4) is 0 Å². The van der Waals surface area contributed by atoms with E-state index in [2.05, 4.69) is 45.9 Å². The summed E-state index contributed by atoms with van der Waals surface area (Å²) in [6, 6.07) is 8.55. The zero-order valence-electron chi connectivity index (χ0n) is 10.8. The van der Waals surface area contributed by atoms with Gasteiger partial charge in [0.15, 0.2) is 0 Å². The molecule has 1 heterocycles. The van der Waals surface area contributed by atoms with Crippen molar-refractivity contribution in [2.75, 3.05) is 5.32 Å². The van der Waals surface area contributed by atoms with Crippen molar-refractivity contribution < 1.29 is 0 Å². The molecule has 0 fully saturated rings. The van der Waals surface area contributed by atoms with Crippen LogP contribution in [0.4, 0.5) is 5.13 Å². The quantitative estimate of drug-likeness (QED) is 0.871. The SMILES string of the molecule is CCCc1nsc(NC2c3ccccc3CC2Cl)n1. The van der Waals surface area contributed by atoms with Crippen LogP contribution in [0.5, 0.6) is 0 Å². The summed E-state index contributed by atoms with van der Waals surface area (Å²) in [5.74, 6) is 0.924. The third-order valence-corrected chi connectivity index (χ3v) is 4.48. The van der Waals surface area contributed by atoms with Crippen LogP contribution < -0.4 is 5.32 Å². The summed E-state index contributed by atoms with van der Waals surface area (Å²) in [5.41, 5.74) is 2.62. The molecule has 0 saturated carbocycles. The molecular weight excluding hydrogens is 278 g/mol. The van der Waals surface area contributed by atoms with E-state index in [-0.39, 0.29) is 11.4 Å². The lowest BCUT2D eigenvalue weighted by Gasteiger charge is -2.16. The minimum absolute atomic E-state index is 0.0796. The number of nitrogens with zero attached hydrogens (tertiary/aromatic N) is 2. The molecule has 0 bridgehead atoms. The Balaban J connectivity index is 1.79. The first-order valence-electron chi connectivity index (χ1n) is 6.59. The molecule has 1 aliphatic rings. The second kappa shape index (κ2) is 5.47. The van der Waals surface area contributed by atoms with Crippen LogP contribution in [-0.4, -0.2) is 14.7 Å². The summed E-state index contributed by atoms with van der Waals surface area (Å²) in [5, 5.41) is 4.39. The minimum Gasteiger partial charge on any atom is -0.352 e. The van der Waals surface area contributed by atoms with Crippen molar-refractivity contribution in [1.29, 1.82) is 0 Å². The number of nitrogens with one attached hydrogen (secondary N) is 1. The first kappa shape index (κ1) is 12.9. The molecule has 1 aromatic carbocycles. The van der Waals surface area contributed by atoms with E-state index in [4.69, 9.17) is 11.6 Å². The number of hydrogen-bond acceptors (Lipinski definition) is 4. The summed E-state index contributed by atoms with van der Waals surface area (Å²) in [4.78, 5) is 4.51. The van der Waals surface area contributed by atoms with Gasteiger partial charge in [-0.3, -0.25) is 0 Å². The van der Waals surface area contributed by atoms with E-state index in [1.165, 1.54) is 22.7 Å². The lowest BCUT2D eigenvalue weighted by atomic mass is 10.1. The average molecular weight is 294 g/mol. The number of alkyl halides is 1. The molecule has 19 heavy (non-hydrogen) atoms. The van der Waals surface area contributed by atoms with E-state index >= 15 is 0 Å². The highest BCUT2D eigenvalue weighted by Crippen LogP contribution is 2.37. The maximum atomic E-state index is 6.46. The molecule has 3 rings (SSSR count). The van der Waals surface area contributed by atoms with Crippen LogP contribution >= 0.6 is 23.1 Å². The molecule has 2 aromatic rings.